The lowest BCUT2D eigenvalue weighted by Crippen LogP contribution is -2.40. The summed E-state index contributed by atoms with van der Waals surface area (Å²) in [5, 5.41) is 0. The topological polar surface area (TPSA) is 20.3 Å². The van der Waals surface area contributed by atoms with Crippen molar-refractivity contribution in [3.8, 4) is 0 Å². The zero-order valence-electron chi connectivity index (χ0n) is 10.3. The summed E-state index contributed by atoms with van der Waals surface area (Å²) in [5.74, 6) is -0.930. The molecule has 0 radical (unpaired) electrons. The summed E-state index contributed by atoms with van der Waals surface area (Å²) in [6.07, 6.45) is -4.27. The van der Waals surface area contributed by atoms with Gasteiger partial charge in [0.25, 0.3) is 0 Å². The molecule has 0 amide bonds. The van der Waals surface area contributed by atoms with Gasteiger partial charge in [-0.2, -0.15) is 13.2 Å². The highest BCUT2D eigenvalue weighted by atomic mass is 19.4. The third-order valence-corrected chi connectivity index (χ3v) is 3.29. The van der Waals surface area contributed by atoms with Crippen molar-refractivity contribution in [1.82, 2.24) is 0 Å². The van der Waals surface area contributed by atoms with E-state index >= 15 is 0 Å². The summed E-state index contributed by atoms with van der Waals surface area (Å²) in [6.45, 7) is 2.19. The Hall–Kier alpha value is -1.59. The molecule has 1 aliphatic heterocycles. The average molecular weight is 275 g/mol. The number of anilines is 1. The maximum atomic E-state index is 13.7. The van der Waals surface area contributed by atoms with Crippen molar-refractivity contribution in [3.05, 3.63) is 29.6 Å². The molecule has 1 aliphatic rings. The quantitative estimate of drug-likeness (QED) is 0.733. The summed E-state index contributed by atoms with van der Waals surface area (Å²) in [4.78, 5) is 12.9. The van der Waals surface area contributed by atoms with E-state index in [1.54, 1.807) is 6.92 Å². The van der Waals surface area contributed by atoms with Crippen LogP contribution < -0.4 is 4.90 Å². The lowest BCUT2D eigenvalue weighted by atomic mass is 9.98. The Morgan fingerprint density at radius 1 is 1.32 bits per heavy atom. The Morgan fingerprint density at radius 3 is 2.58 bits per heavy atom. The number of nitrogens with zero attached hydrogens (tertiary/aromatic N) is 1. The highest BCUT2D eigenvalue weighted by molar-refractivity contribution is 5.83. The van der Waals surface area contributed by atoms with Crippen molar-refractivity contribution in [2.45, 2.75) is 19.5 Å². The molecule has 1 fully saturated rings. The second-order valence-corrected chi connectivity index (χ2v) is 4.73. The number of Topliss-reactive ketones (excluding diaryl/α,β-unsaturated/α-hetero) is 1. The van der Waals surface area contributed by atoms with Gasteiger partial charge in [-0.25, -0.2) is 4.39 Å². The summed E-state index contributed by atoms with van der Waals surface area (Å²) >= 11 is 0. The number of alkyl halides is 3. The first-order chi connectivity index (χ1) is 8.79. The van der Waals surface area contributed by atoms with Crippen molar-refractivity contribution in [3.63, 3.8) is 0 Å². The molecule has 0 aliphatic carbocycles. The van der Waals surface area contributed by atoms with Crippen molar-refractivity contribution < 1.29 is 22.4 Å². The van der Waals surface area contributed by atoms with Crippen LogP contribution in [0, 0.1) is 11.7 Å². The molecule has 2 rings (SSSR count). The van der Waals surface area contributed by atoms with E-state index in [9.17, 15) is 22.4 Å². The van der Waals surface area contributed by atoms with Crippen molar-refractivity contribution in [2.75, 3.05) is 18.0 Å². The Labute approximate surface area is 108 Å². The van der Waals surface area contributed by atoms with Crippen molar-refractivity contribution >= 4 is 11.5 Å². The third-order valence-electron chi connectivity index (χ3n) is 3.29. The van der Waals surface area contributed by atoms with Crippen LogP contribution in [0.15, 0.2) is 18.2 Å². The van der Waals surface area contributed by atoms with E-state index in [1.807, 2.05) is 0 Å². The number of hydrogen-bond donors (Lipinski definition) is 0. The van der Waals surface area contributed by atoms with Crippen LogP contribution in [-0.2, 0) is 11.0 Å². The molecule has 104 valence electrons. The van der Waals surface area contributed by atoms with E-state index in [0.29, 0.717) is 0 Å². The van der Waals surface area contributed by atoms with Gasteiger partial charge in [-0.1, -0.05) is 6.92 Å². The summed E-state index contributed by atoms with van der Waals surface area (Å²) in [6, 6.07) is 2.34. The van der Waals surface area contributed by atoms with E-state index in [1.165, 1.54) is 4.90 Å². The van der Waals surface area contributed by atoms with Crippen LogP contribution in [0.25, 0.3) is 0 Å². The smallest absolute Gasteiger partial charge is 0.368 e. The maximum Gasteiger partial charge on any atom is 0.416 e. The molecule has 1 heterocycles. The van der Waals surface area contributed by atoms with E-state index in [-0.39, 0.29) is 36.9 Å². The van der Waals surface area contributed by atoms with Crippen LogP contribution in [0.4, 0.5) is 23.2 Å². The summed E-state index contributed by atoms with van der Waals surface area (Å²) in [5.41, 5.74) is -0.970. The lowest BCUT2D eigenvalue weighted by molar-refractivity contribution is -0.137. The zero-order chi connectivity index (χ0) is 14.2. The number of rotatable bonds is 1. The van der Waals surface area contributed by atoms with E-state index in [2.05, 4.69) is 0 Å². The molecule has 1 saturated heterocycles. The number of piperidine rings is 1. The average Bonchev–Trinajstić information content (AvgIpc) is 2.32. The van der Waals surface area contributed by atoms with Gasteiger partial charge in [0.1, 0.15) is 11.6 Å². The molecule has 0 bridgehead atoms. The fraction of sp³-hybridized carbons (Fsp3) is 0.462. The Bertz CT molecular complexity index is 498. The third kappa shape index (κ3) is 2.88. The normalized spacial score (nSPS) is 20.8. The molecule has 0 N–H and O–H groups in total. The standard InChI is InChI=1S/C13H13F4NO/c1-8-7-18(5-4-12(8)19)11-6-9(13(15,16)17)2-3-10(11)14/h2-3,6,8H,4-5,7H2,1H3. The molecule has 2 nitrogen and oxygen atoms in total. The number of benzene rings is 1. The van der Waals surface area contributed by atoms with E-state index in [0.717, 1.165) is 18.2 Å². The zero-order valence-corrected chi connectivity index (χ0v) is 10.3. The number of halogens is 4. The highest BCUT2D eigenvalue weighted by Crippen LogP contribution is 2.33. The largest absolute Gasteiger partial charge is 0.416 e. The highest BCUT2D eigenvalue weighted by Gasteiger charge is 2.32. The second kappa shape index (κ2) is 4.83. The van der Waals surface area contributed by atoms with Gasteiger partial charge in [0.15, 0.2) is 0 Å². The van der Waals surface area contributed by atoms with Crippen LogP contribution in [0.5, 0.6) is 0 Å². The van der Waals surface area contributed by atoms with Gasteiger partial charge in [-0.15, -0.1) is 0 Å². The van der Waals surface area contributed by atoms with Gasteiger partial charge in [-0.3, -0.25) is 4.79 Å². The molecule has 0 saturated carbocycles. The molecule has 1 atom stereocenters. The fourth-order valence-electron chi connectivity index (χ4n) is 2.17. The molecule has 1 aromatic carbocycles. The van der Waals surface area contributed by atoms with Crippen LogP contribution >= 0.6 is 0 Å². The Morgan fingerprint density at radius 2 is 2.00 bits per heavy atom. The lowest BCUT2D eigenvalue weighted by Gasteiger charge is -2.32. The van der Waals surface area contributed by atoms with Crippen LogP contribution in [0.1, 0.15) is 18.9 Å². The van der Waals surface area contributed by atoms with Crippen LogP contribution in [0.2, 0.25) is 0 Å². The van der Waals surface area contributed by atoms with Gasteiger partial charge in [0.05, 0.1) is 11.3 Å². The Kier molecular flexibility index (Phi) is 3.52. The molecular weight excluding hydrogens is 262 g/mol. The van der Waals surface area contributed by atoms with Crippen LogP contribution in [0.3, 0.4) is 0 Å². The van der Waals surface area contributed by atoms with Gasteiger partial charge in [-0.05, 0) is 18.2 Å². The van der Waals surface area contributed by atoms with E-state index in [4.69, 9.17) is 0 Å². The first-order valence-electron chi connectivity index (χ1n) is 5.93. The minimum Gasteiger partial charge on any atom is -0.368 e. The van der Waals surface area contributed by atoms with Gasteiger partial charge in [0.2, 0.25) is 0 Å². The SMILES string of the molecule is CC1CN(c2cc(C(F)(F)F)ccc2F)CCC1=O. The summed E-state index contributed by atoms with van der Waals surface area (Å²) in [7, 11) is 0. The maximum absolute atomic E-state index is 13.7. The number of carbonyl (C=O) groups excluding carboxylic acids is 1. The molecule has 0 aromatic heterocycles. The Balaban J connectivity index is 2.31. The monoisotopic (exact) mass is 275 g/mol. The summed E-state index contributed by atoms with van der Waals surface area (Å²) < 4.78 is 51.5. The molecule has 0 spiro atoms. The first kappa shape index (κ1) is 13.8. The predicted octanol–water partition coefficient (Wildman–Crippen LogP) is 3.26. The predicted molar refractivity (Wildman–Crippen MR) is 62.4 cm³/mol. The minimum absolute atomic E-state index is 0.0589. The second-order valence-electron chi connectivity index (χ2n) is 4.73. The number of carbonyl (C=O) groups is 1. The van der Waals surface area contributed by atoms with E-state index < -0.39 is 17.6 Å². The van der Waals surface area contributed by atoms with Gasteiger partial charge in [0, 0.05) is 25.4 Å². The molecule has 1 unspecified atom stereocenters. The first-order valence-corrected chi connectivity index (χ1v) is 5.93. The number of hydrogen-bond acceptors (Lipinski definition) is 2. The number of ketones is 1. The molecule has 19 heavy (non-hydrogen) atoms. The van der Waals surface area contributed by atoms with Crippen molar-refractivity contribution in [1.29, 1.82) is 0 Å². The fourth-order valence-corrected chi connectivity index (χ4v) is 2.17. The van der Waals surface area contributed by atoms with Gasteiger partial charge >= 0.3 is 6.18 Å². The van der Waals surface area contributed by atoms with Gasteiger partial charge < -0.3 is 4.90 Å². The molecular formula is C13H13F4NO. The van der Waals surface area contributed by atoms with Crippen molar-refractivity contribution in [2.24, 2.45) is 5.92 Å². The molecule has 6 heteroatoms. The minimum atomic E-state index is -4.50. The van der Waals surface area contributed by atoms with Crippen LogP contribution in [-0.4, -0.2) is 18.9 Å². The molecule has 1 aromatic rings.